The molecule has 1 aromatic carbocycles. The van der Waals surface area contributed by atoms with Gasteiger partial charge in [-0.3, -0.25) is 4.79 Å². The molecular formula is C12H11BrN2O4. The molecule has 100 valence electrons. The van der Waals surface area contributed by atoms with Gasteiger partial charge in [0, 0.05) is 6.54 Å². The molecule has 7 heteroatoms. The zero-order valence-electron chi connectivity index (χ0n) is 9.85. The number of carboxylic acid groups (broad SMARTS) is 1. The molecule has 0 heterocycles. The fraction of sp³-hybridized carbons (Fsp3) is 0.250. The predicted molar refractivity (Wildman–Crippen MR) is 69.8 cm³/mol. The highest BCUT2D eigenvalue weighted by Crippen LogP contribution is 2.26. The molecule has 0 radical (unpaired) electrons. The van der Waals surface area contributed by atoms with Crippen LogP contribution >= 0.6 is 15.9 Å². The van der Waals surface area contributed by atoms with Gasteiger partial charge in [0.25, 0.3) is 5.91 Å². The average molecular weight is 327 g/mol. The summed E-state index contributed by atoms with van der Waals surface area (Å²) in [5, 5.41) is 19.6. The number of rotatable bonds is 6. The Morgan fingerprint density at radius 2 is 2.21 bits per heavy atom. The van der Waals surface area contributed by atoms with E-state index in [1.54, 1.807) is 0 Å². The van der Waals surface area contributed by atoms with Crippen molar-refractivity contribution in [3.05, 3.63) is 28.2 Å². The maximum absolute atomic E-state index is 11.3. The van der Waals surface area contributed by atoms with Gasteiger partial charge in [-0.1, -0.05) is 0 Å². The Hall–Kier alpha value is -2.07. The molecule has 0 saturated carbocycles. The number of nitriles is 1. The molecule has 0 aromatic heterocycles. The van der Waals surface area contributed by atoms with Crippen molar-refractivity contribution in [2.75, 3.05) is 13.2 Å². The van der Waals surface area contributed by atoms with E-state index in [0.29, 0.717) is 4.47 Å². The smallest absolute Gasteiger partial charge is 0.335 e. The predicted octanol–water partition coefficient (Wildman–Crippen LogP) is 1.56. The summed E-state index contributed by atoms with van der Waals surface area (Å²) in [5.41, 5.74) is 0.0723. The number of ether oxygens (including phenoxy) is 1. The summed E-state index contributed by atoms with van der Waals surface area (Å²) in [6.45, 7) is 0.0160. The topological polar surface area (TPSA) is 99.4 Å². The third kappa shape index (κ3) is 4.97. The lowest BCUT2D eigenvalue weighted by molar-refractivity contribution is -0.123. The second-order valence-corrected chi connectivity index (χ2v) is 4.35. The van der Waals surface area contributed by atoms with Gasteiger partial charge in [-0.05, 0) is 34.1 Å². The van der Waals surface area contributed by atoms with E-state index in [1.807, 2.05) is 6.07 Å². The molecule has 6 nitrogen and oxygen atoms in total. The second-order valence-electron chi connectivity index (χ2n) is 3.50. The fourth-order valence-electron chi connectivity index (χ4n) is 1.20. The lowest BCUT2D eigenvalue weighted by atomic mass is 10.2. The molecule has 1 amide bonds. The van der Waals surface area contributed by atoms with Crippen molar-refractivity contribution in [3.63, 3.8) is 0 Å². The molecule has 0 unspecified atom stereocenters. The number of hydrogen-bond donors (Lipinski definition) is 2. The number of hydrogen-bond acceptors (Lipinski definition) is 4. The van der Waals surface area contributed by atoms with Crippen molar-refractivity contribution in [2.45, 2.75) is 6.42 Å². The lowest BCUT2D eigenvalue weighted by Crippen LogP contribution is -2.29. The summed E-state index contributed by atoms with van der Waals surface area (Å²) < 4.78 is 5.77. The van der Waals surface area contributed by atoms with Gasteiger partial charge in [0.1, 0.15) is 5.75 Å². The minimum atomic E-state index is -1.07. The first-order chi connectivity index (χ1) is 9.04. The molecule has 0 atom stereocenters. The molecule has 1 rings (SSSR count). The quantitative estimate of drug-likeness (QED) is 0.773. The molecule has 19 heavy (non-hydrogen) atoms. The van der Waals surface area contributed by atoms with Crippen LogP contribution in [0.2, 0.25) is 0 Å². The number of carbonyl (C=O) groups is 2. The minimum Gasteiger partial charge on any atom is -0.483 e. The van der Waals surface area contributed by atoms with Gasteiger partial charge in [-0.2, -0.15) is 5.26 Å². The Balaban J connectivity index is 2.57. The number of carboxylic acids is 1. The molecule has 1 aromatic rings. The maximum Gasteiger partial charge on any atom is 0.335 e. The van der Waals surface area contributed by atoms with Crippen LogP contribution in [-0.2, 0) is 4.79 Å². The molecule has 0 spiro atoms. The van der Waals surface area contributed by atoms with Crippen molar-refractivity contribution in [1.82, 2.24) is 5.32 Å². The highest BCUT2D eigenvalue weighted by Gasteiger charge is 2.09. The Labute approximate surface area is 118 Å². The largest absolute Gasteiger partial charge is 0.483 e. The van der Waals surface area contributed by atoms with Crippen LogP contribution in [0.3, 0.4) is 0 Å². The van der Waals surface area contributed by atoms with Crippen LogP contribution in [0.4, 0.5) is 0 Å². The summed E-state index contributed by atoms with van der Waals surface area (Å²) in [7, 11) is 0. The first-order valence-corrected chi connectivity index (χ1v) is 6.13. The van der Waals surface area contributed by atoms with E-state index < -0.39 is 5.97 Å². The summed E-state index contributed by atoms with van der Waals surface area (Å²) >= 11 is 3.20. The SMILES string of the molecule is N#CCCNC(=O)COc1cc(C(=O)O)ccc1Br. The van der Waals surface area contributed by atoms with E-state index >= 15 is 0 Å². The van der Waals surface area contributed by atoms with Crippen LogP contribution in [0, 0.1) is 11.3 Å². The van der Waals surface area contributed by atoms with E-state index in [9.17, 15) is 9.59 Å². The second kappa shape index (κ2) is 7.38. The molecule has 0 fully saturated rings. The summed E-state index contributed by atoms with van der Waals surface area (Å²) in [6, 6.07) is 6.18. The van der Waals surface area contributed by atoms with Crippen molar-refractivity contribution in [3.8, 4) is 11.8 Å². The molecule has 2 N–H and O–H groups in total. The van der Waals surface area contributed by atoms with Crippen molar-refractivity contribution in [2.24, 2.45) is 0 Å². The van der Waals surface area contributed by atoms with Gasteiger partial charge < -0.3 is 15.2 Å². The molecule has 0 aliphatic heterocycles. The number of nitrogens with one attached hydrogen (secondary N) is 1. The molecule has 0 aliphatic rings. The van der Waals surface area contributed by atoms with E-state index in [2.05, 4.69) is 21.2 Å². The van der Waals surface area contributed by atoms with E-state index in [4.69, 9.17) is 15.1 Å². The maximum atomic E-state index is 11.3. The van der Waals surface area contributed by atoms with Gasteiger partial charge in [0.05, 0.1) is 22.5 Å². The third-order valence-corrected chi connectivity index (χ3v) is 2.75. The lowest BCUT2D eigenvalue weighted by Gasteiger charge is -2.09. The van der Waals surface area contributed by atoms with Crippen LogP contribution < -0.4 is 10.1 Å². The zero-order valence-corrected chi connectivity index (χ0v) is 11.4. The van der Waals surface area contributed by atoms with Gasteiger partial charge in [-0.25, -0.2) is 4.79 Å². The van der Waals surface area contributed by atoms with Crippen molar-refractivity contribution < 1.29 is 19.4 Å². The van der Waals surface area contributed by atoms with E-state index in [1.165, 1.54) is 18.2 Å². The third-order valence-electron chi connectivity index (χ3n) is 2.10. The van der Waals surface area contributed by atoms with Crippen molar-refractivity contribution in [1.29, 1.82) is 5.26 Å². The number of nitrogens with zero attached hydrogens (tertiary/aromatic N) is 1. The monoisotopic (exact) mass is 326 g/mol. The van der Waals surface area contributed by atoms with Crippen LogP contribution in [0.25, 0.3) is 0 Å². The number of amides is 1. The number of benzene rings is 1. The Morgan fingerprint density at radius 3 is 2.84 bits per heavy atom. The van der Waals surface area contributed by atoms with E-state index in [-0.39, 0.29) is 36.8 Å². The Bertz CT molecular complexity index is 525. The molecule has 0 saturated heterocycles. The Kier molecular flexibility index (Phi) is 5.82. The molecule has 0 bridgehead atoms. The Morgan fingerprint density at radius 1 is 1.47 bits per heavy atom. The highest BCUT2D eigenvalue weighted by atomic mass is 79.9. The fourth-order valence-corrected chi connectivity index (χ4v) is 1.56. The van der Waals surface area contributed by atoms with Gasteiger partial charge in [0.15, 0.2) is 6.61 Å². The number of aromatic carboxylic acids is 1. The summed E-state index contributed by atoms with van der Waals surface area (Å²) in [5.74, 6) is -1.17. The minimum absolute atomic E-state index is 0.0723. The van der Waals surface area contributed by atoms with Crippen molar-refractivity contribution >= 4 is 27.8 Å². The summed E-state index contributed by atoms with van der Waals surface area (Å²) in [4.78, 5) is 22.1. The van der Waals surface area contributed by atoms with Crippen LogP contribution in [0.5, 0.6) is 5.75 Å². The average Bonchev–Trinajstić information content (AvgIpc) is 2.37. The van der Waals surface area contributed by atoms with Gasteiger partial charge in [0.2, 0.25) is 0 Å². The van der Waals surface area contributed by atoms with Crippen LogP contribution in [-0.4, -0.2) is 30.1 Å². The highest BCUT2D eigenvalue weighted by molar-refractivity contribution is 9.10. The zero-order chi connectivity index (χ0) is 14.3. The van der Waals surface area contributed by atoms with E-state index in [0.717, 1.165) is 0 Å². The first-order valence-electron chi connectivity index (χ1n) is 5.34. The molecule has 0 aliphatic carbocycles. The summed E-state index contributed by atoms with van der Waals surface area (Å²) in [6.07, 6.45) is 0.226. The first kappa shape index (κ1) is 15.0. The normalized spacial score (nSPS) is 9.47. The van der Waals surface area contributed by atoms with Gasteiger partial charge >= 0.3 is 5.97 Å². The molecular weight excluding hydrogens is 316 g/mol. The number of halogens is 1. The van der Waals surface area contributed by atoms with Crippen LogP contribution in [0.15, 0.2) is 22.7 Å². The number of carbonyl (C=O) groups excluding carboxylic acids is 1. The van der Waals surface area contributed by atoms with Crippen LogP contribution in [0.1, 0.15) is 16.8 Å². The van der Waals surface area contributed by atoms with Gasteiger partial charge in [-0.15, -0.1) is 0 Å². The standard InChI is InChI=1S/C12H11BrN2O4/c13-9-3-2-8(12(17)18)6-10(9)19-7-11(16)15-5-1-4-14/h2-3,6H,1,5,7H2,(H,15,16)(H,17,18).